The molecule has 0 aliphatic carbocycles. The summed E-state index contributed by atoms with van der Waals surface area (Å²) in [5.74, 6) is 0.631. The summed E-state index contributed by atoms with van der Waals surface area (Å²) in [6, 6.07) is -0.0235. The van der Waals surface area contributed by atoms with Crippen LogP contribution in [0, 0.1) is 5.92 Å². The number of carbonyl (C=O) groups is 1. The van der Waals surface area contributed by atoms with E-state index in [0.717, 1.165) is 25.8 Å². The van der Waals surface area contributed by atoms with Crippen molar-refractivity contribution in [3.8, 4) is 0 Å². The maximum Gasteiger partial charge on any atom is 0.451 e. The fraction of sp³-hybridized carbons (Fsp3) is 0.889. The molecule has 14 heavy (non-hydrogen) atoms. The van der Waals surface area contributed by atoms with Gasteiger partial charge in [0.05, 0.1) is 6.04 Å². The van der Waals surface area contributed by atoms with Crippen LogP contribution in [0.4, 0.5) is 0 Å². The third-order valence-corrected chi connectivity index (χ3v) is 2.84. The van der Waals surface area contributed by atoms with Gasteiger partial charge in [-0.3, -0.25) is 4.79 Å². The minimum Gasteiger partial charge on any atom is -0.427 e. The molecule has 0 aromatic carbocycles. The molecular formula is C9H18BNO3. The summed E-state index contributed by atoms with van der Waals surface area (Å²) in [4.78, 5) is 11.1. The van der Waals surface area contributed by atoms with Crippen LogP contribution in [0.15, 0.2) is 0 Å². The molecule has 1 rings (SSSR count). The van der Waals surface area contributed by atoms with E-state index in [4.69, 9.17) is 10.0 Å². The number of carbonyl (C=O) groups excluding carboxylic acids is 1. The van der Waals surface area contributed by atoms with Crippen molar-refractivity contribution >= 4 is 12.9 Å². The number of hydrogen-bond donors (Lipinski definition) is 3. The molecule has 3 N–H and O–H groups in total. The number of Topliss-reactive ketones (excluding diaryl/α,β-unsaturated/α-hetero) is 1. The van der Waals surface area contributed by atoms with Gasteiger partial charge in [0.2, 0.25) is 0 Å². The van der Waals surface area contributed by atoms with Crippen molar-refractivity contribution in [2.24, 2.45) is 5.92 Å². The van der Waals surface area contributed by atoms with Crippen LogP contribution >= 0.6 is 0 Å². The molecule has 1 fully saturated rings. The number of rotatable bonds is 4. The van der Waals surface area contributed by atoms with Crippen molar-refractivity contribution in [3.05, 3.63) is 0 Å². The molecule has 0 bridgehead atoms. The second kappa shape index (κ2) is 5.48. The molecule has 1 aliphatic heterocycles. The van der Waals surface area contributed by atoms with E-state index in [1.807, 2.05) is 0 Å². The van der Waals surface area contributed by atoms with Crippen LogP contribution in [0.25, 0.3) is 0 Å². The van der Waals surface area contributed by atoms with Crippen molar-refractivity contribution < 1.29 is 14.8 Å². The molecule has 5 heteroatoms. The van der Waals surface area contributed by atoms with E-state index in [1.54, 1.807) is 6.92 Å². The first-order valence-electron chi connectivity index (χ1n) is 5.19. The summed E-state index contributed by atoms with van der Waals surface area (Å²) in [6.07, 6.45) is 3.07. The lowest BCUT2D eigenvalue weighted by Gasteiger charge is -2.28. The van der Waals surface area contributed by atoms with Gasteiger partial charge in [0.1, 0.15) is 5.78 Å². The van der Waals surface area contributed by atoms with Crippen molar-refractivity contribution in [3.63, 3.8) is 0 Å². The summed E-state index contributed by atoms with van der Waals surface area (Å²) in [7, 11) is -1.21. The number of nitrogens with one attached hydrogen (secondary N) is 1. The maximum absolute atomic E-state index is 11.1. The molecular weight excluding hydrogens is 181 g/mol. The first-order chi connectivity index (χ1) is 6.59. The van der Waals surface area contributed by atoms with Crippen molar-refractivity contribution in [1.29, 1.82) is 0 Å². The summed E-state index contributed by atoms with van der Waals surface area (Å²) in [5, 5.41) is 20.6. The van der Waals surface area contributed by atoms with Gasteiger partial charge in [0, 0.05) is 0 Å². The van der Waals surface area contributed by atoms with E-state index in [0.29, 0.717) is 12.2 Å². The van der Waals surface area contributed by atoms with Gasteiger partial charge in [0.15, 0.2) is 0 Å². The molecule has 0 aromatic heterocycles. The number of ketones is 1. The molecule has 4 nitrogen and oxygen atoms in total. The second-order valence-electron chi connectivity index (χ2n) is 4.07. The fourth-order valence-corrected chi connectivity index (χ4v) is 1.95. The third kappa shape index (κ3) is 3.78. The Morgan fingerprint density at radius 2 is 2.29 bits per heavy atom. The van der Waals surface area contributed by atoms with Gasteiger partial charge in [-0.2, -0.15) is 0 Å². The molecule has 2 unspecified atom stereocenters. The van der Waals surface area contributed by atoms with Crippen LogP contribution in [0.1, 0.15) is 26.2 Å². The van der Waals surface area contributed by atoms with Crippen LogP contribution in [0.5, 0.6) is 0 Å². The average molecular weight is 199 g/mol. The second-order valence-corrected chi connectivity index (χ2v) is 4.07. The highest BCUT2D eigenvalue weighted by Crippen LogP contribution is 2.22. The topological polar surface area (TPSA) is 69.6 Å². The Bertz CT molecular complexity index is 198. The normalized spacial score (nSPS) is 27.4. The first kappa shape index (κ1) is 11.7. The van der Waals surface area contributed by atoms with Gasteiger partial charge >= 0.3 is 7.12 Å². The molecule has 0 radical (unpaired) electrons. The maximum atomic E-state index is 11.1. The Morgan fingerprint density at radius 3 is 2.86 bits per heavy atom. The predicted octanol–water partition coefficient (Wildman–Crippen LogP) is -0.194. The lowest BCUT2D eigenvalue weighted by molar-refractivity contribution is -0.119. The van der Waals surface area contributed by atoms with Crippen LogP contribution in [-0.2, 0) is 4.79 Å². The van der Waals surface area contributed by atoms with Crippen LogP contribution in [-0.4, -0.2) is 35.5 Å². The van der Waals surface area contributed by atoms with Gasteiger partial charge in [-0.1, -0.05) is 6.42 Å². The average Bonchev–Trinajstić information content (AvgIpc) is 2.15. The standard InChI is InChI=1S/C9H18BNO3/c1-7(12)9-6-8(3-5-11-9)2-4-10(13)14/h8-9,11,13-14H,2-6H2,1H3. The fourth-order valence-electron chi connectivity index (χ4n) is 1.95. The molecule has 0 aromatic rings. The zero-order chi connectivity index (χ0) is 10.6. The third-order valence-electron chi connectivity index (χ3n) is 2.84. The summed E-state index contributed by atoms with van der Waals surface area (Å²) < 4.78 is 0. The smallest absolute Gasteiger partial charge is 0.427 e. The minimum absolute atomic E-state index is 0.0235. The molecule has 1 saturated heterocycles. The van der Waals surface area contributed by atoms with E-state index < -0.39 is 7.12 Å². The summed E-state index contributed by atoms with van der Waals surface area (Å²) in [6.45, 7) is 2.46. The zero-order valence-electron chi connectivity index (χ0n) is 8.57. The van der Waals surface area contributed by atoms with E-state index >= 15 is 0 Å². The zero-order valence-corrected chi connectivity index (χ0v) is 8.57. The van der Waals surface area contributed by atoms with Gasteiger partial charge < -0.3 is 15.4 Å². The van der Waals surface area contributed by atoms with Crippen LogP contribution in [0.3, 0.4) is 0 Å². The Hall–Kier alpha value is -0.385. The highest BCUT2D eigenvalue weighted by molar-refractivity contribution is 6.40. The van der Waals surface area contributed by atoms with Crippen LogP contribution in [0.2, 0.25) is 6.32 Å². The largest absolute Gasteiger partial charge is 0.451 e. The van der Waals surface area contributed by atoms with Gasteiger partial charge in [-0.05, 0) is 38.5 Å². The Labute approximate surface area is 84.8 Å². The lowest BCUT2D eigenvalue weighted by Crippen LogP contribution is -2.42. The van der Waals surface area contributed by atoms with Gasteiger partial charge in [-0.15, -0.1) is 0 Å². The highest BCUT2D eigenvalue weighted by Gasteiger charge is 2.24. The van der Waals surface area contributed by atoms with Crippen LogP contribution < -0.4 is 5.32 Å². The first-order valence-corrected chi connectivity index (χ1v) is 5.19. The minimum atomic E-state index is -1.21. The van der Waals surface area contributed by atoms with Crippen molar-refractivity contribution in [1.82, 2.24) is 5.32 Å². The quantitative estimate of drug-likeness (QED) is 0.548. The highest BCUT2D eigenvalue weighted by atomic mass is 16.4. The number of piperidine rings is 1. The van der Waals surface area contributed by atoms with Crippen molar-refractivity contribution in [2.45, 2.75) is 38.5 Å². The molecule has 0 spiro atoms. The number of hydrogen-bond acceptors (Lipinski definition) is 4. The van der Waals surface area contributed by atoms with Gasteiger partial charge in [0.25, 0.3) is 0 Å². The summed E-state index contributed by atoms with van der Waals surface area (Å²) >= 11 is 0. The molecule has 1 aliphatic rings. The summed E-state index contributed by atoms with van der Waals surface area (Å²) in [5.41, 5.74) is 0. The Kier molecular flexibility index (Phi) is 4.58. The SMILES string of the molecule is CC(=O)C1CC(CCB(O)O)CCN1. The van der Waals surface area contributed by atoms with Crippen molar-refractivity contribution in [2.75, 3.05) is 6.54 Å². The predicted molar refractivity (Wildman–Crippen MR) is 54.8 cm³/mol. The monoisotopic (exact) mass is 199 g/mol. The molecule has 1 heterocycles. The molecule has 0 amide bonds. The van der Waals surface area contributed by atoms with E-state index in [9.17, 15) is 4.79 Å². The lowest BCUT2D eigenvalue weighted by atomic mass is 9.77. The molecule has 0 saturated carbocycles. The molecule has 80 valence electrons. The Morgan fingerprint density at radius 1 is 1.57 bits per heavy atom. The van der Waals surface area contributed by atoms with E-state index in [1.165, 1.54) is 0 Å². The van der Waals surface area contributed by atoms with E-state index in [-0.39, 0.29) is 11.8 Å². The van der Waals surface area contributed by atoms with E-state index in [2.05, 4.69) is 5.32 Å². The Balaban J connectivity index is 2.29. The molecule has 2 atom stereocenters. The van der Waals surface area contributed by atoms with Gasteiger partial charge in [-0.25, -0.2) is 0 Å².